The van der Waals surface area contributed by atoms with Crippen LogP contribution in [0.4, 0.5) is 0 Å². The Hall–Kier alpha value is -1.72. The van der Waals surface area contributed by atoms with Crippen molar-refractivity contribution in [3.8, 4) is 0 Å². The smallest absolute Gasteiger partial charge is 0.314 e. The molecule has 0 aromatic heterocycles. The molecule has 1 aliphatic carbocycles. The lowest BCUT2D eigenvalue weighted by Crippen LogP contribution is -2.19. The van der Waals surface area contributed by atoms with E-state index in [1.807, 2.05) is 0 Å². The fraction of sp³-hybridized carbons (Fsp3) is 0.636. The number of hydrogen-bond donors (Lipinski definition) is 0. The Labute approximate surface area is 98.3 Å². The minimum atomic E-state index is -0.669. The van der Waals surface area contributed by atoms with Crippen molar-refractivity contribution < 1.29 is 28.7 Å². The molecule has 1 aliphatic rings. The predicted molar refractivity (Wildman–Crippen MR) is 54.4 cm³/mol. The SMILES string of the molecule is CC(=O)OC(=O)CC1(CC(=O)OC(C)=O)CC1. The van der Waals surface area contributed by atoms with E-state index in [9.17, 15) is 19.2 Å². The summed E-state index contributed by atoms with van der Waals surface area (Å²) in [6.45, 7) is 2.28. The van der Waals surface area contributed by atoms with Crippen molar-refractivity contribution in [2.75, 3.05) is 0 Å². The maximum atomic E-state index is 11.3. The summed E-state index contributed by atoms with van der Waals surface area (Å²) in [6.07, 6.45) is 1.37. The third-order valence-electron chi connectivity index (χ3n) is 2.51. The van der Waals surface area contributed by atoms with E-state index in [0.717, 1.165) is 13.8 Å². The fourth-order valence-electron chi connectivity index (χ4n) is 1.60. The molecule has 0 amide bonds. The summed E-state index contributed by atoms with van der Waals surface area (Å²) in [5, 5.41) is 0. The van der Waals surface area contributed by atoms with Gasteiger partial charge in [-0.05, 0) is 18.3 Å². The second-order valence-electron chi connectivity index (χ2n) is 4.28. The normalized spacial score (nSPS) is 15.9. The highest BCUT2D eigenvalue weighted by Gasteiger charge is 2.47. The molecular weight excluding hydrogens is 228 g/mol. The van der Waals surface area contributed by atoms with Crippen molar-refractivity contribution in [3.05, 3.63) is 0 Å². The fourth-order valence-corrected chi connectivity index (χ4v) is 1.60. The monoisotopic (exact) mass is 242 g/mol. The van der Waals surface area contributed by atoms with Gasteiger partial charge in [-0.15, -0.1) is 0 Å². The van der Waals surface area contributed by atoms with Gasteiger partial charge in [-0.1, -0.05) is 0 Å². The standard InChI is InChI=1S/C11H14O6/c1-7(12)16-9(14)5-11(3-4-11)6-10(15)17-8(2)13/h3-6H2,1-2H3. The van der Waals surface area contributed by atoms with Crippen molar-refractivity contribution in [3.63, 3.8) is 0 Å². The molecule has 0 unspecified atom stereocenters. The molecule has 1 fully saturated rings. The van der Waals surface area contributed by atoms with Crippen LogP contribution >= 0.6 is 0 Å². The predicted octanol–water partition coefficient (Wildman–Crippen LogP) is 0.726. The van der Waals surface area contributed by atoms with E-state index in [4.69, 9.17) is 0 Å². The number of esters is 4. The summed E-state index contributed by atoms with van der Waals surface area (Å²) in [5.41, 5.74) is -0.487. The Bertz CT molecular complexity index is 334. The molecule has 0 aromatic rings. The molecule has 0 aliphatic heterocycles. The Morgan fingerprint density at radius 1 is 0.882 bits per heavy atom. The number of ether oxygens (including phenoxy) is 2. The van der Waals surface area contributed by atoms with E-state index in [1.165, 1.54) is 0 Å². The summed E-state index contributed by atoms with van der Waals surface area (Å²) in [6, 6.07) is 0. The van der Waals surface area contributed by atoms with Crippen molar-refractivity contribution in [2.45, 2.75) is 39.5 Å². The van der Waals surface area contributed by atoms with Crippen molar-refractivity contribution >= 4 is 23.9 Å². The lowest BCUT2D eigenvalue weighted by atomic mass is 9.98. The van der Waals surface area contributed by atoms with Crippen LogP contribution < -0.4 is 0 Å². The van der Waals surface area contributed by atoms with Crippen LogP contribution in [0.2, 0.25) is 0 Å². The van der Waals surface area contributed by atoms with Gasteiger partial charge in [0.25, 0.3) is 0 Å². The van der Waals surface area contributed by atoms with Crippen LogP contribution in [0.5, 0.6) is 0 Å². The van der Waals surface area contributed by atoms with Gasteiger partial charge in [0.2, 0.25) is 0 Å². The molecule has 0 saturated heterocycles. The minimum Gasteiger partial charge on any atom is -0.393 e. The summed E-state index contributed by atoms with van der Waals surface area (Å²) < 4.78 is 8.78. The first-order chi connectivity index (χ1) is 7.83. The molecule has 0 aromatic carbocycles. The van der Waals surface area contributed by atoms with Gasteiger partial charge < -0.3 is 9.47 Å². The molecule has 0 N–H and O–H groups in total. The van der Waals surface area contributed by atoms with Gasteiger partial charge >= 0.3 is 23.9 Å². The molecule has 94 valence electrons. The highest BCUT2D eigenvalue weighted by atomic mass is 16.6. The van der Waals surface area contributed by atoms with Gasteiger partial charge in [0.15, 0.2) is 0 Å². The van der Waals surface area contributed by atoms with Gasteiger partial charge in [-0.3, -0.25) is 19.2 Å². The largest absolute Gasteiger partial charge is 0.393 e. The molecule has 0 bridgehead atoms. The Balaban J connectivity index is 2.42. The summed E-state index contributed by atoms with van der Waals surface area (Å²) in [4.78, 5) is 43.6. The van der Waals surface area contributed by atoms with Crippen LogP contribution in [-0.4, -0.2) is 23.9 Å². The van der Waals surface area contributed by atoms with Crippen LogP contribution in [0.25, 0.3) is 0 Å². The van der Waals surface area contributed by atoms with E-state index in [-0.39, 0.29) is 12.8 Å². The van der Waals surface area contributed by atoms with Gasteiger partial charge in [0.05, 0.1) is 12.8 Å². The zero-order valence-electron chi connectivity index (χ0n) is 9.78. The van der Waals surface area contributed by atoms with E-state index < -0.39 is 29.3 Å². The Morgan fingerprint density at radius 2 is 1.24 bits per heavy atom. The summed E-state index contributed by atoms with van der Waals surface area (Å²) in [7, 11) is 0. The molecule has 0 spiro atoms. The number of hydrogen-bond acceptors (Lipinski definition) is 6. The first-order valence-corrected chi connectivity index (χ1v) is 5.25. The summed E-state index contributed by atoms with van der Waals surface area (Å²) in [5.74, 6) is -2.63. The topological polar surface area (TPSA) is 86.7 Å². The van der Waals surface area contributed by atoms with E-state index in [2.05, 4.69) is 9.47 Å². The van der Waals surface area contributed by atoms with Crippen molar-refractivity contribution in [1.82, 2.24) is 0 Å². The van der Waals surface area contributed by atoms with Crippen LogP contribution in [0.3, 0.4) is 0 Å². The number of carbonyl (C=O) groups is 4. The maximum Gasteiger partial charge on any atom is 0.314 e. The second-order valence-corrected chi connectivity index (χ2v) is 4.28. The highest BCUT2D eigenvalue weighted by Crippen LogP contribution is 2.52. The van der Waals surface area contributed by atoms with Crippen LogP contribution in [-0.2, 0) is 28.7 Å². The second kappa shape index (κ2) is 5.07. The molecule has 6 nitrogen and oxygen atoms in total. The minimum absolute atomic E-state index is 0.000412. The quantitative estimate of drug-likeness (QED) is 0.533. The van der Waals surface area contributed by atoms with E-state index in [0.29, 0.717) is 12.8 Å². The third kappa shape index (κ3) is 4.76. The lowest BCUT2D eigenvalue weighted by molar-refractivity contribution is -0.159. The van der Waals surface area contributed by atoms with Gasteiger partial charge in [0.1, 0.15) is 0 Å². The zero-order valence-corrected chi connectivity index (χ0v) is 9.78. The van der Waals surface area contributed by atoms with Gasteiger partial charge in [-0.25, -0.2) is 0 Å². The van der Waals surface area contributed by atoms with Crippen LogP contribution in [0, 0.1) is 5.41 Å². The Morgan fingerprint density at radius 3 is 1.47 bits per heavy atom. The lowest BCUT2D eigenvalue weighted by Gasteiger charge is -2.11. The number of carbonyl (C=O) groups excluding carboxylic acids is 4. The van der Waals surface area contributed by atoms with Gasteiger partial charge in [-0.2, -0.15) is 0 Å². The average molecular weight is 242 g/mol. The number of rotatable bonds is 4. The van der Waals surface area contributed by atoms with Crippen LogP contribution in [0.1, 0.15) is 39.5 Å². The molecule has 17 heavy (non-hydrogen) atoms. The Kier molecular flexibility index (Phi) is 3.98. The molecule has 1 saturated carbocycles. The molecule has 6 heteroatoms. The highest BCUT2D eigenvalue weighted by molar-refractivity contribution is 5.87. The van der Waals surface area contributed by atoms with E-state index >= 15 is 0 Å². The third-order valence-corrected chi connectivity index (χ3v) is 2.51. The molecule has 1 rings (SSSR count). The zero-order chi connectivity index (χ0) is 13.1. The van der Waals surface area contributed by atoms with Crippen molar-refractivity contribution in [2.24, 2.45) is 5.41 Å². The van der Waals surface area contributed by atoms with Gasteiger partial charge in [0, 0.05) is 13.8 Å². The maximum absolute atomic E-state index is 11.3. The summed E-state index contributed by atoms with van der Waals surface area (Å²) >= 11 is 0. The molecule has 0 atom stereocenters. The first-order valence-electron chi connectivity index (χ1n) is 5.25. The van der Waals surface area contributed by atoms with Crippen molar-refractivity contribution in [1.29, 1.82) is 0 Å². The molecular formula is C11H14O6. The first kappa shape index (κ1) is 13.3. The van der Waals surface area contributed by atoms with E-state index in [1.54, 1.807) is 0 Å². The molecule has 0 heterocycles. The van der Waals surface area contributed by atoms with Crippen LogP contribution in [0.15, 0.2) is 0 Å². The molecule has 0 radical (unpaired) electrons. The average Bonchev–Trinajstić information content (AvgIpc) is 2.79.